The Balaban J connectivity index is 2.06. The summed E-state index contributed by atoms with van der Waals surface area (Å²) in [6.45, 7) is 6.80. The molecule has 1 aromatic carbocycles. The Bertz CT molecular complexity index is 982. The monoisotopic (exact) mass is 373 g/mol. The number of ether oxygens (including phenoxy) is 2. The van der Waals surface area contributed by atoms with Crippen LogP contribution in [0, 0.1) is 13.8 Å². The molecule has 2 aromatic heterocycles. The summed E-state index contributed by atoms with van der Waals surface area (Å²) in [4.78, 5) is 20.9. The Morgan fingerprint density at radius 1 is 1.23 bits per heavy atom. The minimum atomic E-state index is -0.473. The third-order valence-corrected chi connectivity index (χ3v) is 4.50. The van der Waals surface area contributed by atoms with Gasteiger partial charge in [-0.05, 0) is 50.1 Å². The van der Waals surface area contributed by atoms with Gasteiger partial charge in [-0.2, -0.15) is 0 Å². The molecule has 0 saturated heterocycles. The lowest BCUT2D eigenvalue weighted by Gasteiger charge is -2.11. The normalized spacial score (nSPS) is 11.0. The fraction of sp³-hybridized carbons (Fsp3) is 0.316. The number of benzene rings is 1. The number of esters is 1. The van der Waals surface area contributed by atoms with E-state index in [0.29, 0.717) is 23.8 Å². The number of imidazole rings is 1. The zero-order valence-corrected chi connectivity index (χ0v) is 15.9. The zero-order chi connectivity index (χ0) is 18.8. The van der Waals surface area contributed by atoms with E-state index in [2.05, 4.69) is 9.97 Å². The Kier molecular flexibility index (Phi) is 5.13. The van der Waals surface area contributed by atoms with Gasteiger partial charge in [0.15, 0.2) is 11.3 Å². The van der Waals surface area contributed by atoms with Crippen molar-refractivity contribution in [3.8, 4) is 5.75 Å². The van der Waals surface area contributed by atoms with Crippen LogP contribution in [0.1, 0.15) is 34.4 Å². The van der Waals surface area contributed by atoms with Gasteiger partial charge in [0, 0.05) is 5.02 Å². The third kappa shape index (κ3) is 3.37. The molecule has 2 heterocycles. The molecule has 0 spiro atoms. The van der Waals surface area contributed by atoms with Gasteiger partial charge in [0.05, 0.1) is 20.3 Å². The summed E-state index contributed by atoms with van der Waals surface area (Å²) in [5.74, 6) is 1.05. The molecule has 26 heavy (non-hydrogen) atoms. The van der Waals surface area contributed by atoms with E-state index in [1.54, 1.807) is 12.1 Å². The van der Waals surface area contributed by atoms with Crippen molar-refractivity contribution < 1.29 is 14.3 Å². The highest BCUT2D eigenvalue weighted by molar-refractivity contribution is 6.31. The van der Waals surface area contributed by atoms with Crippen molar-refractivity contribution >= 4 is 28.7 Å². The molecule has 0 N–H and O–H groups in total. The van der Waals surface area contributed by atoms with Crippen LogP contribution in [0.15, 0.2) is 24.3 Å². The van der Waals surface area contributed by atoms with Crippen molar-refractivity contribution in [2.24, 2.45) is 0 Å². The summed E-state index contributed by atoms with van der Waals surface area (Å²) in [5, 5.41) is 0.609. The molecule has 3 aromatic rings. The minimum absolute atomic E-state index is 0.261. The van der Waals surface area contributed by atoms with E-state index in [0.717, 1.165) is 28.2 Å². The molecule has 0 aliphatic rings. The smallest absolute Gasteiger partial charge is 0.356 e. The van der Waals surface area contributed by atoms with E-state index in [4.69, 9.17) is 21.1 Å². The number of carbonyl (C=O) groups excluding carboxylic acids is 1. The number of aromatic nitrogens is 3. The van der Waals surface area contributed by atoms with Gasteiger partial charge in [-0.1, -0.05) is 17.7 Å². The number of methoxy groups -OCH3 is 1. The first kappa shape index (κ1) is 18.2. The van der Waals surface area contributed by atoms with Crippen LogP contribution in [-0.4, -0.2) is 34.2 Å². The Morgan fingerprint density at radius 3 is 2.65 bits per heavy atom. The van der Waals surface area contributed by atoms with Crippen LogP contribution in [0.25, 0.3) is 11.2 Å². The zero-order valence-electron chi connectivity index (χ0n) is 15.2. The van der Waals surface area contributed by atoms with Gasteiger partial charge < -0.3 is 14.0 Å². The van der Waals surface area contributed by atoms with Crippen molar-refractivity contribution in [3.05, 3.63) is 51.9 Å². The maximum atomic E-state index is 11.9. The number of hydrogen-bond acceptors (Lipinski definition) is 5. The number of hydrogen-bond donors (Lipinski definition) is 0. The van der Waals surface area contributed by atoms with Gasteiger partial charge >= 0.3 is 5.97 Å². The number of aryl methyl sites for hydroxylation is 2. The fourth-order valence-corrected chi connectivity index (χ4v) is 3.06. The second kappa shape index (κ2) is 7.33. The predicted octanol–water partition coefficient (Wildman–Crippen LogP) is 3.94. The average molecular weight is 374 g/mol. The molecule has 0 unspecified atom stereocenters. The maximum Gasteiger partial charge on any atom is 0.356 e. The number of rotatable bonds is 5. The number of carbonyl (C=O) groups is 1. The highest BCUT2D eigenvalue weighted by atomic mass is 35.5. The fourth-order valence-electron chi connectivity index (χ4n) is 2.83. The number of nitrogens with zero attached hydrogens (tertiary/aromatic N) is 3. The number of pyridine rings is 1. The molecule has 0 atom stereocenters. The van der Waals surface area contributed by atoms with Crippen LogP contribution < -0.4 is 4.74 Å². The van der Waals surface area contributed by atoms with Gasteiger partial charge in [0.1, 0.15) is 17.1 Å². The summed E-state index contributed by atoms with van der Waals surface area (Å²) in [6, 6.07) is 7.30. The first-order valence-electron chi connectivity index (χ1n) is 8.28. The topological polar surface area (TPSA) is 66.2 Å². The molecule has 0 bridgehead atoms. The summed E-state index contributed by atoms with van der Waals surface area (Å²) in [5.41, 5.74) is 3.44. The highest BCUT2D eigenvalue weighted by Gasteiger charge is 2.17. The summed E-state index contributed by atoms with van der Waals surface area (Å²) in [6.07, 6.45) is 0. The summed E-state index contributed by atoms with van der Waals surface area (Å²) in [7, 11) is 1.34. The van der Waals surface area contributed by atoms with Crippen molar-refractivity contribution in [1.82, 2.24) is 14.5 Å². The van der Waals surface area contributed by atoms with Gasteiger partial charge in [0.25, 0.3) is 0 Å². The SMILES string of the molecule is CCOc1ccc(Cn2c(C)nc3c(C)cc(C(=O)OC)nc32)c(Cl)c1. The lowest BCUT2D eigenvalue weighted by Crippen LogP contribution is -2.08. The Hall–Kier alpha value is -2.60. The lowest BCUT2D eigenvalue weighted by molar-refractivity contribution is 0.0594. The second-order valence-electron chi connectivity index (χ2n) is 5.92. The minimum Gasteiger partial charge on any atom is -0.494 e. The van der Waals surface area contributed by atoms with E-state index in [9.17, 15) is 4.79 Å². The number of fused-ring (bicyclic) bond motifs is 1. The van der Waals surface area contributed by atoms with Crippen LogP contribution >= 0.6 is 11.6 Å². The van der Waals surface area contributed by atoms with E-state index in [1.807, 2.05) is 37.5 Å². The van der Waals surface area contributed by atoms with E-state index in [-0.39, 0.29) is 5.69 Å². The standard InChI is InChI=1S/C19H20ClN3O3/c1-5-26-14-7-6-13(15(20)9-14)10-23-12(3)21-17-11(2)8-16(19(24)25-4)22-18(17)23/h6-9H,5,10H2,1-4H3. The molecule has 7 heteroatoms. The average Bonchev–Trinajstić information content (AvgIpc) is 2.93. The lowest BCUT2D eigenvalue weighted by atomic mass is 10.2. The second-order valence-corrected chi connectivity index (χ2v) is 6.33. The highest BCUT2D eigenvalue weighted by Crippen LogP contribution is 2.26. The van der Waals surface area contributed by atoms with Crippen molar-refractivity contribution in [3.63, 3.8) is 0 Å². The van der Waals surface area contributed by atoms with Crippen LogP contribution in [0.2, 0.25) is 5.02 Å². The van der Waals surface area contributed by atoms with Crippen molar-refractivity contribution in [2.45, 2.75) is 27.3 Å². The van der Waals surface area contributed by atoms with Crippen LogP contribution in [0.3, 0.4) is 0 Å². The van der Waals surface area contributed by atoms with Crippen molar-refractivity contribution in [1.29, 1.82) is 0 Å². The molecular weight excluding hydrogens is 354 g/mol. The first-order chi connectivity index (χ1) is 12.4. The maximum absolute atomic E-state index is 11.9. The third-order valence-electron chi connectivity index (χ3n) is 4.14. The number of halogens is 1. The Labute approximate surface area is 156 Å². The van der Waals surface area contributed by atoms with Crippen LogP contribution in [0.5, 0.6) is 5.75 Å². The molecule has 6 nitrogen and oxygen atoms in total. The van der Waals surface area contributed by atoms with Crippen molar-refractivity contribution in [2.75, 3.05) is 13.7 Å². The Morgan fingerprint density at radius 2 is 2.00 bits per heavy atom. The largest absolute Gasteiger partial charge is 0.494 e. The van der Waals surface area contributed by atoms with Crippen LogP contribution in [-0.2, 0) is 11.3 Å². The summed E-state index contributed by atoms with van der Waals surface area (Å²) >= 11 is 6.41. The summed E-state index contributed by atoms with van der Waals surface area (Å²) < 4.78 is 12.2. The van der Waals surface area contributed by atoms with E-state index in [1.165, 1.54) is 7.11 Å². The van der Waals surface area contributed by atoms with Gasteiger partial charge in [-0.25, -0.2) is 14.8 Å². The molecular formula is C19H20ClN3O3. The quantitative estimate of drug-likeness (QED) is 0.634. The molecule has 136 valence electrons. The predicted molar refractivity (Wildman–Crippen MR) is 100 cm³/mol. The molecule has 3 rings (SSSR count). The van der Waals surface area contributed by atoms with Crippen LogP contribution in [0.4, 0.5) is 0 Å². The molecule has 0 fully saturated rings. The first-order valence-corrected chi connectivity index (χ1v) is 8.66. The van der Waals surface area contributed by atoms with E-state index < -0.39 is 5.97 Å². The molecule has 0 amide bonds. The van der Waals surface area contributed by atoms with Gasteiger partial charge in [-0.15, -0.1) is 0 Å². The van der Waals surface area contributed by atoms with Gasteiger partial charge in [-0.3, -0.25) is 0 Å². The molecule has 0 aliphatic carbocycles. The van der Waals surface area contributed by atoms with E-state index >= 15 is 0 Å². The molecule has 0 radical (unpaired) electrons. The molecule has 0 saturated carbocycles. The molecule has 0 aliphatic heterocycles. The van der Waals surface area contributed by atoms with Gasteiger partial charge in [0.2, 0.25) is 0 Å².